The number of carbonyl (C=O) groups excluding carboxylic acids is 1. The number of para-hydroxylation sites is 1. The smallest absolute Gasteiger partial charge is 0.264 e. The van der Waals surface area contributed by atoms with E-state index in [0.29, 0.717) is 39.2 Å². The van der Waals surface area contributed by atoms with Crippen molar-refractivity contribution in [3.05, 3.63) is 118 Å². The lowest BCUT2D eigenvalue weighted by molar-refractivity contribution is 0.0940. The van der Waals surface area contributed by atoms with Gasteiger partial charge in [0.1, 0.15) is 11.3 Å². The van der Waals surface area contributed by atoms with E-state index in [2.05, 4.69) is 27.4 Å². The van der Waals surface area contributed by atoms with Gasteiger partial charge in [-0.05, 0) is 48.7 Å². The van der Waals surface area contributed by atoms with Crippen molar-refractivity contribution >= 4 is 22.5 Å². The first-order valence-electron chi connectivity index (χ1n) is 13.2. The highest BCUT2D eigenvalue weighted by Gasteiger charge is 2.26. The molecule has 2 aromatic carbocycles. The minimum atomic E-state index is -0.594. The number of aromatic nitrogens is 5. The van der Waals surface area contributed by atoms with E-state index in [1.807, 2.05) is 74.8 Å². The number of furan rings is 1. The van der Waals surface area contributed by atoms with Crippen molar-refractivity contribution in [2.75, 3.05) is 5.73 Å². The van der Waals surface area contributed by atoms with Crippen molar-refractivity contribution in [2.45, 2.75) is 13.0 Å². The number of carbonyl (C=O) groups is 1. The third kappa shape index (κ3) is 4.73. The summed E-state index contributed by atoms with van der Waals surface area (Å²) in [6, 6.07) is 19.6. The number of nitrogens with one attached hydrogen (secondary N) is 1. The minimum Gasteiger partial charge on any atom is -0.463 e. The van der Waals surface area contributed by atoms with Crippen molar-refractivity contribution in [1.29, 1.82) is 0 Å². The van der Waals surface area contributed by atoms with Crippen LogP contribution in [0.1, 0.15) is 40.1 Å². The lowest BCUT2D eigenvalue weighted by atomic mass is 10.0. The summed E-state index contributed by atoms with van der Waals surface area (Å²) in [7, 11) is 3.52. The molecule has 0 saturated heterocycles. The van der Waals surface area contributed by atoms with Gasteiger partial charge in [0, 0.05) is 37.2 Å². The molecule has 4 heterocycles. The molecule has 1 unspecified atom stereocenters. The number of hydrogen-bond acceptors (Lipinski definition) is 6. The van der Waals surface area contributed by atoms with Crippen LogP contribution in [0.5, 0.6) is 0 Å². The van der Waals surface area contributed by atoms with Gasteiger partial charge in [-0.15, -0.1) is 0 Å². The number of hydrogen-bond donors (Lipinski definition) is 2. The van der Waals surface area contributed by atoms with E-state index >= 15 is 0 Å². The van der Waals surface area contributed by atoms with Crippen LogP contribution in [0.25, 0.3) is 27.9 Å². The van der Waals surface area contributed by atoms with Gasteiger partial charge < -0.3 is 15.5 Å². The first kappa shape index (κ1) is 26.4. The zero-order chi connectivity index (χ0) is 29.4. The lowest BCUT2D eigenvalue weighted by Crippen LogP contribution is -2.32. The molecule has 1 amide bonds. The van der Waals surface area contributed by atoms with Crippen molar-refractivity contribution in [2.24, 2.45) is 14.1 Å². The van der Waals surface area contributed by atoms with Crippen LogP contribution in [-0.4, -0.2) is 30.0 Å². The second-order valence-corrected chi connectivity index (χ2v) is 9.87. The first-order valence-corrected chi connectivity index (χ1v) is 13.2. The second-order valence-electron chi connectivity index (χ2n) is 9.87. The average Bonchev–Trinajstić information content (AvgIpc) is 3.72. The SMILES string of the molecule is CC(NC(=O)c1c(N)nn(C)c1-c1ccco1)c1cc2cccc(C#Cc3cnn(C)c3)c2c(=O)n1-c1ccccc1. The van der Waals surface area contributed by atoms with Gasteiger partial charge in [0.15, 0.2) is 11.6 Å². The number of pyridine rings is 1. The maximum Gasteiger partial charge on any atom is 0.264 e. The van der Waals surface area contributed by atoms with Gasteiger partial charge in [-0.3, -0.25) is 23.5 Å². The lowest BCUT2D eigenvalue weighted by Gasteiger charge is -2.21. The highest BCUT2D eigenvalue weighted by atomic mass is 16.3. The van der Waals surface area contributed by atoms with Crippen LogP contribution in [0, 0.1) is 11.8 Å². The Bertz CT molecular complexity index is 2060. The molecule has 1 atom stereocenters. The fourth-order valence-corrected chi connectivity index (χ4v) is 5.08. The molecule has 0 radical (unpaired) electrons. The molecule has 0 saturated carbocycles. The Morgan fingerprint density at radius 1 is 1.05 bits per heavy atom. The van der Waals surface area contributed by atoms with E-state index in [0.717, 1.165) is 5.56 Å². The number of aryl methyl sites for hydroxylation is 2. The summed E-state index contributed by atoms with van der Waals surface area (Å²) >= 11 is 0. The highest BCUT2D eigenvalue weighted by molar-refractivity contribution is 6.04. The molecule has 10 heteroatoms. The molecule has 6 rings (SSSR count). The Kier molecular flexibility index (Phi) is 6.68. The second kappa shape index (κ2) is 10.6. The zero-order valence-corrected chi connectivity index (χ0v) is 23.2. The monoisotopic (exact) mass is 557 g/mol. The number of nitrogens with two attached hydrogens (primary N) is 1. The molecule has 0 aliphatic heterocycles. The van der Waals surface area contributed by atoms with Crippen LogP contribution in [0.4, 0.5) is 5.82 Å². The molecule has 3 N–H and O–H groups in total. The number of nitrogens with zero attached hydrogens (tertiary/aromatic N) is 5. The molecule has 208 valence electrons. The Hall–Kier alpha value is -5.82. The van der Waals surface area contributed by atoms with Gasteiger partial charge in [0.25, 0.3) is 11.5 Å². The molecule has 4 aromatic heterocycles. The Morgan fingerprint density at radius 2 is 1.86 bits per heavy atom. The summed E-state index contributed by atoms with van der Waals surface area (Å²) in [6.07, 6.45) is 5.01. The number of benzene rings is 2. The Morgan fingerprint density at radius 3 is 2.57 bits per heavy atom. The van der Waals surface area contributed by atoms with Gasteiger partial charge in [-0.2, -0.15) is 10.2 Å². The van der Waals surface area contributed by atoms with Crippen LogP contribution in [-0.2, 0) is 14.1 Å². The summed E-state index contributed by atoms with van der Waals surface area (Å²) in [6.45, 7) is 1.82. The number of nitrogen functional groups attached to an aromatic ring is 1. The zero-order valence-electron chi connectivity index (χ0n) is 23.2. The topological polar surface area (TPSA) is 126 Å². The van der Waals surface area contributed by atoms with E-state index in [9.17, 15) is 9.59 Å². The molecule has 0 aliphatic carbocycles. The van der Waals surface area contributed by atoms with Gasteiger partial charge in [0.05, 0.1) is 29.5 Å². The number of amides is 1. The molecule has 0 aliphatic rings. The summed E-state index contributed by atoms with van der Waals surface area (Å²) in [5, 5.41) is 12.6. The standard InChI is InChI=1S/C32H27N7O3/c1-20(35-31(40)28-29(26-13-8-16-42-26)38(3)36-30(28)33)25-17-23-10-7-9-22(15-14-21-18-34-37(2)19-21)27(23)32(41)39(25)24-11-5-4-6-12-24/h4-13,16-20H,1-3H3,(H2,33,36)(H,35,40). The first-order chi connectivity index (χ1) is 20.3. The Balaban J connectivity index is 1.46. The number of fused-ring (bicyclic) bond motifs is 1. The maximum atomic E-state index is 14.2. The average molecular weight is 558 g/mol. The van der Waals surface area contributed by atoms with Crippen molar-refractivity contribution in [1.82, 2.24) is 29.4 Å². The van der Waals surface area contributed by atoms with Gasteiger partial charge in [0.2, 0.25) is 0 Å². The minimum absolute atomic E-state index is 0.0735. The molecule has 42 heavy (non-hydrogen) atoms. The van der Waals surface area contributed by atoms with Gasteiger partial charge in [-0.1, -0.05) is 42.2 Å². The normalized spacial score (nSPS) is 11.7. The highest BCUT2D eigenvalue weighted by Crippen LogP contribution is 2.29. The van der Waals surface area contributed by atoms with Crippen LogP contribution >= 0.6 is 0 Å². The number of anilines is 1. The molecule has 0 fully saturated rings. The molecule has 0 bridgehead atoms. The predicted octanol–water partition coefficient (Wildman–Crippen LogP) is 4.19. The largest absolute Gasteiger partial charge is 0.463 e. The van der Waals surface area contributed by atoms with Crippen LogP contribution in [0.3, 0.4) is 0 Å². The maximum absolute atomic E-state index is 14.2. The quantitative estimate of drug-likeness (QED) is 0.306. The van der Waals surface area contributed by atoms with Crippen molar-refractivity contribution in [3.63, 3.8) is 0 Å². The third-order valence-electron chi connectivity index (χ3n) is 6.98. The van der Waals surface area contributed by atoms with Crippen molar-refractivity contribution in [3.8, 4) is 29.0 Å². The van der Waals surface area contributed by atoms with Gasteiger partial charge >= 0.3 is 0 Å². The fourth-order valence-electron chi connectivity index (χ4n) is 5.08. The van der Waals surface area contributed by atoms with Crippen LogP contribution < -0.4 is 16.6 Å². The Labute approximate surface area is 241 Å². The molecular weight excluding hydrogens is 530 g/mol. The molecule has 10 nitrogen and oxygen atoms in total. The van der Waals surface area contributed by atoms with Gasteiger partial charge in [-0.25, -0.2) is 0 Å². The summed E-state index contributed by atoms with van der Waals surface area (Å²) < 4.78 is 10.3. The van der Waals surface area contributed by atoms with E-state index in [4.69, 9.17) is 10.2 Å². The van der Waals surface area contributed by atoms with E-state index in [1.165, 1.54) is 10.9 Å². The fraction of sp³-hybridized carbons (Fsp3) is 0.125. The van der Waals surface area contributed by atoms with Crippen LogP contribution in [0.15, 0.2) is 94.6 Å². The predicted molar refractivity (Wildman–Crippen MR) is 160 cm³/mol. The third-order valence-corrected chi connectivity index (χ3v) is 6.98. The van der Waals surface area contributed by atoms with E-state index in [-0.39, 0.29) is 16.9 Å². The van der Waals surface area contributed by atoms with Crippen molar-refractivity contribution < 1.29 is 9.21 Å². The summed E-state index contributed by atoms with van der Waals surface area (Å²) in [5.41, 5.74) is 9.16. The molecule has 0 spiro atoms. The molecule has 6 aromatic rings. The molecular formula is C32H27N7O3. The van der Waals surface area contributed by atoms with E-state index < -0.39 is 11.9 Å². The van der Waals surface area contributed by atoms with Crippen LogP contribution in [0.2, 0.25) is 0 Å². The summed E-state index contributed by atoms with van der Waals surface area (Å²) in [4.78, 5) is 27.9. The number of rotatable bonds is 5. The van der Waals surface area contributed by atoms with E-state index in [1.54, 1.807) is 34.6 Å². The summed E-state index contributed by atoms with van der Waals surface area (Å²) in [5.74, 6) is 6.34.